The summed E-state index contributed by atoms with van der Waals surface area (Å²) in [6.45, 7) is 3.88. The quantitative estimate of drug-likeness (QED) is 0.806. The highest BCUT2D eigenvalue weighted by Gasteiger charge is 2.16. The van der Waals surface area contributed by atoms with Gasteiger partial charge in [-0.15, -0.1) is 0 Å². The van der Waals surface area contributed by atoms with E-state index >= 15 is 0 Å². The lowest BCUT2D eigenvalue weighted by atomic mass is 10.2. The van der Waals surface area contributed by atoms with Gasteiger partial charge in [-0.25, -0.2) is 0 Å². The third-order valence-electron chi connectivity index (χ3n) is 3.35. The highest BCUT2D eigenvalue weighted by molar-refractivity contribution is 6.05. The zero-order chi connectivity index (χ0) is 16.7. The number of furan rings is 1. The van der Waals surface area contributed by atoms with Crippen molar-refractivity contribution >= 4 is 17.9 Å². The predicted octanol–water partition coefficient (Wildman–Crippen LogP) is 2.97. The topological polar surface area (TPSA) is 71.3 Å². The Balaban J connectivity index is 2.20. The lowest BCUT2D eigenvalue weighted by Gasteiger charge is -2.14. The van der Waals surface area contributed by atoms with Crippen LogP contribution in [0.5, 0.6) is 0 Å². The third kappa shape index (κ3) is 4.85. The summed E-state index contributed by atoms with van der Waals surface area (Å²) in [7, 11) is 0. The summed E-state index contributed by atoms with van der Waals surface area (Å²) in [6, 6.07) is 12.2. The van der Waals surface area contributed by atoms with E-state index in [9.17, 15) is 9.59 Å². The average molecular weight is 312 g/mol. The second-order valence-electron chi connectivity index (χ2n) is 5.18. The summed E-state index contributed by atoms with van der Waals surface area (Å²) in [6.07, 6.45) is 3.82. The lowest BCUT2D eigenvalue weighted by molar-refractivity contribution is -0.118. The van der Waals surface area contributed by atoms with E-state index in [1.807, 2.05) is 19.9 Å². The van der Waals surface area contributed by atoms with Gasteiger partial charge in [-0.05, 0) is 37.6 Å². The van der Waals surface area contributed by atoms with Crippen LogP contribution in [0.1, 0.15) is 36.4 Å². The molecule has 0 fully saturated rings. The summed E-state index contributed by atoms with van der Waals surface area (Å²) >= 11 is 0. The Morgan fingerprint density at radius 1 is 1.17 bits per heavy atom. The molecule has 2 aromatic rings. The van der Waals surface area contributed by atoms with Crippen LogP contribution in [-0.4, -0.2) is 17.9 Å². The Morgan fingerprint density at radius 3 is 2.52 bits per heavy atom. The van der Waals surface area contributed by atoms with Crippen LogP contribution in [0.25, 0.3) is 6.08 Å². The minimum atomic E-state index is -0.347. The molecule has 5 nitrogen and oxygen atoms in total. The van der Waals surface area contributed by atoms with Crippen LogP contribution in [0.15, 0.2) is 58.8 Å². The van der Waals surface area contributed by atoms with Gasteiger partial charge in [-0.3, -0.25) is 9.59 Å². The van der Waals surface area contributed by atoms with Crippen LogP contribution in [0, 0.1) is 0 Å². The first-order valence-electron chi connectivity index (χ1n) is 7.52. The third-order valence-corrected chi connectivity index (χ3v) is 3.35. The molecule has 0 aliphatic carbocycles. The molecule has 0 aliphatic heterocycles. The van der Waals surface area contributed by atoms with Crippen molar-refractivity contribution < 1.29 is 14.0 Å². The average Bonchev–Trinajstić information content (AvgIpc) is 3.07. The molecular weight excluding hydrogens is 292 g/mol. The molecule has 120 valence electrons. The maximum Gasteiger partial charge on any atom is 0.268 e. The van der Waals surface area contributed by atoms with E-state index < -0.39 is 0 Å². The normalized spacial score (nSPS) is 12.5. The Morgan fingerprint density at radius 2 is 1.91 bits per heavy atom. The Hall–Kier alpha value is -2.82. The first-order chi connectivity index (χ1) is 11.1. The first-order valence-corrected chi connectivity index (χ1v) is 7.52. The van der Waals surface area contributed by atoms with Gasteiger partial charge in [-0.2, -0.15) is 0 Å². The van der Waals surface area contributed by atoms with Crippen LogP contribution in [0.2, 0.25) is 0 Å². The molecule has 0 bridgehead atoms. The van der Waals surface area contributed by atoms with Crippen molar-refractivity contribution in [1.82, 2.24) is 10.6 Å². The number of hydrogen-bond acceptors (Lipinski definition) is 3. The van der Waals surface area contributed by atoms with Gasteiger partial charge in [0.05, 0.1) is 6.26 Å². The number of amides is 2. The summed E-state index contributed by atoms with van der Waals surface area (Å²) in [5, 5.41) is 5.49. The fourth-order valence-electron chi connectivity index (χ4n) is 1.86. The van der Waals surface area contributed by atoms with Crippen LogP contribution in [0.3, 0.4) is 0 Å². The van der Waals surface area contributed by atoms with Crippen molar-refractivity contribution in [2.24, 2.45) is 0 Å². The van der Waals surface area contributed by atoms with Crippen molar-refractivity contribution in [3.8, 4) is 0 Å². The summed E-state index contributed by atoms with van der Waals surface area (Å²) < 4.78 is 5.23. The summed E-state index contributed by atoms with van der Waals surface area (Å²) in [4.78, 5) is 24.7. The lowest BCUT2D eigenvalue weighted by Crippen LogP contribution is -2.38. The Bertz CT molecular complexity index is 676. The second-order valence-corrected chi connectivity index (χ2v) is 5.18. The van der Waals surface area contributed by atoms with Crippen molar-refractivity contribution in [2.75, 3.05) is 0 Å². The monoisotopic (exact) mass is 312 g/mol. The standard InChI is InChI=1S/C18H20N2O3/c1-3-13(2)19-18(22)16(12-15-10-7-11-23-15)20-17(21)14-8-5-4-6-9-14/h4-13H,3H2,1-2H3,(H,19,22)(H,20,21)/b16-12-/t13-/m0/s1. The van der Waals surface area contributed by atoms with E-state index in [1.54, 1.807) is 36.4 Å². The van der Waals surface area contributed by atoms with Gasteiger partial charge in [0.15, 0.2) is 0 Å². The Labute approximate surface area is 135 Å². The molecule has 1 aromatic carbocycles. The van der Waals surface area contributed by atoms with E-state index in [2.05, 4.69) is 10.6 Å². The SMILES string of the molecule is CC[C@H](C)NC(=O)/C(=C/c1ccco1)NC(=O)c1ccccc1. The molecule has 0 saturated carbocycles. The molecule has 0 aliphatic rings. The number of nitrogens with one attached hydrogen (secondary N) is 2. The maximum atomic E-state index is 12.4. The van der Waals surface area contributed by atoms with Gasteiger partial charge in [0.25, 0.3) is 11.8 Å². The fourth-order valence-corrected chi connectivity index (χ4v) is 1.86. The zero-order valence-electron chi connectivity index (χ0n) is 13.2. The largest absolute Gasteiger partial charge is 0.465 e. The van der Waals surface area contributed by atoms with Crippen LogP contribution in [0.4, 0.5) is 0 Å². The minimum absolute atomic E-state index is 0.0103. The molecule has 2 amide bonds. The van der Waals surface area contributed by atoms with Crippen LogP contribution >= 0.6 is 0 Å². The van der Waals surface area contributed by atoms with Crippen molar-refractivity contribution in [2.45, 2.75) is 26.3 Å². The van der Waals surface area contributed by atoms with E-state index in [-0.39, 0.29) is 23.6 Å². The van der Waals surface area contributed by atoms with Crippen molar-refractivity contribution in [3.05, 3.63) is 65.7 Å². The molecule has 23 heavy (non-hydrogen) atoms. The fraction of sp³-hybridized carbons (Fsp3) is 0.222. The van der Waals surface area contributed by atoms with Crippen LogP contribution in [-0.2, 0) is 4.79 Å². The number of hydrogen-bond donors (Lipinski definition) is 2. The molecule has 1 heterocycles. The van der Waals surface area contributed by atoms with E-state index in [4.69, 9.17) is 4.42 Å². The van der Waals surface area contributed by atoms with Crippen LogP contribution < -0.4 is 10.6 Å². The molecule has 2 N–H and O–H groups in total. The first kappa shape index (κ1) is 16.5. The van der Waals surface area contributed by atoms with Gasteiger partial charge in [0.2, 0.25) is 0 Å². The second kappa shape index (κ2) is 7.98. The highest BCUT2D eigenvalue weighted by Crippen LogP contribution is 2.08. The number of rotatable bonds is 6. The number of benzene rings is 1. The minimum Gasteiger partial charge on any atom is -0.465 e. The van der Waals surface area contributed by atoms with Crippen molar-refractivity contribution in [3.63, 3.8) is 0 Å². The van der Waals surface area contributed by atoms with Gasteiger partial charge < -0.3 is 15.1 Å². The molecule has 0 saturated heterocycles. The summed E-state index contributed by atoms with van der Waals surface area (Å²) in [5.41, 5.74) is 0.628. The molecule has 1 aromatic heterocycles. The van der Waals surface area contributed by atoms with Crippen molar-refractivity contribution in [1.29, 1.82) is 0 Å². The predicted molar refractivity (Wildman–Crippen MR) is 88.5 cm³/mol. The van der Waals surface area contributed by atoms with Gasteiger partial charge in [0.1, 0.15) is 11.5 Å². The smallest absolute Gasteiger partial charge is 0.268 e. The van der Waals surface area contributed by atoms with E-state index in [0.29, 0.717) is 11.3 Å². The van der Waals surface area contributed by atoms with Gasteiger partial charge in [-0.1, -0.05) is 25.1 Å². The van der Waals surface area contributed by atoms with E-state index in [0.717, 1.165) is 6.42 Å². The van der Waals surface area contributed by atoms with Gasteiger partial charge in [0, 0.05) is 17.7 Å². The molecule has 0 radical (unpaired) electrons. The Kier molecular flexibility index (Phi) is 5.74. The molecule has 0 spiro atoms. The number of carbonyl (C=O) groups excluding carboxylic acids is 2. The molecule has 0 unspecified atom stereocenters. The van der Waals surface area contributed by atoms with E-state index in [1.165, 1.54) is 12.3 Å². The molecule has 1 atom stereocenters. The maximum absolute atomic E-state index is 12.4. The van der Waals surface area contributed by atoms with Gasteiger partial charge >= 0.3 is 0 Å². The molecule has 5 heteroatoms. The molecular formula is C18H20N2O3. The summed E-state index contributed by atoms with van der Waals surface area (Å²) in [5.74, 6) is -0.199. The molecule has 2 rings (SSSR count). The zero-order valence-corrected chi connectivity index (χ0v) is 13.2. The highest BCUT2D eigenvalue weighted by atomic mass is 16.3. The number of carbonyl (C=O) groups is 2.